The van der Waals surface area contributed by atoms with Crippen molar-refractivity contribution in [3.8, 4) is 0 Å². The van der Waals surface area contributed by atoms with E-state index in [-0.39, 0.29) is 17.3 Å². The van der Waals surface area contributed by atoms with Crippen LogP contribution in [-0.2, 0) is 15.3 Å². The number of nitro benzene ring substituents is 1. The van der Waals surface area contributed by atoms with Gasteiger partial charge >= 0.3 is 5.97 Å². The summed E-state index contributed by atoms with van der Waals surface area (Å²) in [5, 5.41) is 14.5. The molecule has 0 bridgehead atoms. The van der Waals surface area contributed by atoms with Gasteiger partial charge in [-0.25, -0.2) is 10.2 Å². The molecule has 140 valence electrons. The predicted molar refractivity (Wildman–Crippen MR) is 103 cm³/mol. The minimum atomic E-state index is -0.453. The molecule has 27 heavy (non-hydrogen) atoms. The Balaban J connectivity index is 1.73. The van der Waals surface area contributed by atoms with Crippen LogP contribution in [0.2, 0.25) is 0 Å². The van der Waals surface area contributed by atoms with Gasteiger partial charge in [0.15, 0.2) is 0 Å². The number of esters is 1. The molecule has 0 aliphatic heterocycles. The Morgan fingerprint density at radius 3 is 2.44 bits per heavy atom. The minimum absolute atomic E-state index is 0.0375. The Morgan fingerprint density at radius 2 is 1.85 bits per heavy atom. The highest BCUT2D eigenvalue weighted by Gasteiger charge is 2.06. The normalized spacial score (nSPS) is 10.6. The van der Waals surface area contributed by atoms with Crippen LogP contribution >= 0.6 is 11.8 Å². The lowest BCUT2D eigenvalue weighted by Gasteiger charge is -2.02. The number of methoxy groups -OCH3 is 1. The zero-order chi connectivity index (χ0) is 19.6. The smallest absolute Gasteiger partial charge is 0.337 e. The zero-order valence-corrected chi connectivity index (χ0v) is 15.3. The number of amides is 1. The summed E-state index contributed by atoms with van der Waals surface area (Å²) < 4.78 is 4.61. The summed E-state index contributed by atoms with van der Waals surface area (Å²) in [6.45, 7) is 0. The van der Waals surface area contributed by atoms with Crippen LogP contribution in [-0.4, -0.2) is 35.9 Å². The van der Waals surface area contributed by atoms with Gasteiger partial charge < -0.3 is 4.74 Å². The number of rotatable bonds is 8. The molecule has 0 aliphatic carbocycles. The summed E-state index contributed by atoms with van der Waals surface area (Å²) in [6, 6.07) is 12.8. The maximum atomic E-state index is 11.8. The molecule has 0 spiro atoms. The summed E-state index contributed by atoms with van der Waals surface area (Å²) in [7, 11) is 1.31. The van der Waals surface area contributed by atoms with E-state index in [2.05, 4.69) is 15.3 Å². The Kier molecular flexibility index (Phi) is 7.50. The van der Waals surface area contributed by atoms with Crippen molar-refractivity contribution in [1.82, 2.24) is 5.43 Å². The largest absolute Gasteiger partial charge is 0.465 e. The molecule has 2 rings (SSSR count). The van der Waals surface area contributed by atoms with Crippen LogP contribution in [0.15, 0.2) is 53.6 Å². The van der Waals surface area contributed by atoms with E-state index >= 15 is 0 Å². The fourth-order valence-corrected chi connectivity index (χ4v) is 2.79. The highest BCUT2D eigenvalue weighted by molar-refractivity contribution is 7.99. The molecule has 0 unspecified atom stereocenters. The maximum absolute atomic E-state index is 11.8. The lowest BCUT2D eigenvalue weighted by Crippen LogP contribution is -2.19. The molecular formula is C18H17N3O5S. The van der Waals surface area contributed by atoms with Crippen LogP contribution in [0.1, 0.15) is 21.5 Å². The number of nitrogens with zero attached hydrogens (tertiary/aromatic N) is 2. The molecule has 0 fully saturated rings. The summed E-state index contributed by atoms with van der Waals surface area (Å²) in [5.74, 6) is 0.0842. The second-order valence-electron chi connectivity index (χ2n) is 5.32. The molecule has 0 aliphatic rings. The number of ether oxygens (including phenoxy) is 1. The molecule has 2 aromatic rings. The van der Waals surface area contributed by atoms with Gasteiger partial charge in [-0.15, -0.1) is 11.8 Å². The third-order valence-corrected chi connectivity index (χ3v) is 4.39. The Labute approximate surface area is 159 Å². The van der Waals surface area contributed by atoms with E-state index in [1.165, 1.54) is 37.2 Å². The molecule has 2 aromatic carbocycles. The summed E-state index contributed by atoms with van der Waals surface area (Å²) in [6.07, 6.45) is 1.47. The molecule has 0 radical (unpaired) electrons. The molecule has 0 saturated carbocycles. The van der Waals surface area contributed by atoms with Crippen LogP contribution in [0.5, 0.6) is 0 Å². The maximum Gasteiger partial charge on any atom is 0.337 e. The number of thioether (sulfide) groups is 1. The number of benzene rings is 2. The van der Waals surface area contributed by atoms with Crippen molar-refractivity contribution in [3.05, 3.63) is 75.3 Å². The van der Waals surface area contributed by atoms with Crippen molar-refractivity contribution in [1.29, 1.82) is 0 Å². The molecule has 1 N–H and O–H groups in total. The van der Waals surface area contributed by atoms with Gasteiger partial charge in [-0.2, -0.15) is 5.10 Å². The topological polar surface area (TPSA) is 111 Å². The highest BCUT2D eigenvalue weighted by atomic mass is 32.2. The quantitative estimate of drug-likeness (QED) is 0.323. The standard InChI is InChI=1S/C18H17N3O5S/c1-26-18(23)15-6-2-13(3-7-15)10-19-20-17(22)12-27-11-14-4-8-16(9-5-14)21(24)25/h2-10H,11-12H2,1H3,(H,20,22)/b19-10+. The van der Waals surface area contributed by atoms with Crippen LogP contribution in [0.4, 0.5) is 5.69 Å². The van der Waals surface area contributed by atoms with Crippen molar-refractivity contribution in [2.45, 2.75) is 5.75 Å². The number of carbonyl (C=O) groups is 2. The van der Waals surface area contributed by atoms with Crippen molar-refractivity contribution in [2.75, 3.05) is 12.9 Å². The molecule has 9 heteroatoms. The zero-order valence-electron chi connectivity index (χ0n) is 14.5. The number of nitrogens with one attached hydrogen (secondary N) is 1. The van der Waals surface area contributed by atoms with Crippen molar-refractivity contribution in [2.24, 2.45) is 5.10 Å². The second-order valence-corrected chi connectivity index (χ2v) is 6.31. The van der Waals surface area contributed by atoms with Gasteiger partial charge in [0.05, 0.1) is 29.6 Å². The van der Waals surface area contributed by atoms with Gasteiger partial charge in [0.2, 0.25) is 5.91 Å². The van der Waals surface area contributed by atoms with Gasteiger partial charge in [0.25, 0.3) is 5.69 Å². The van der Waals surface area contributed by atoms with Gasteiger partial charge in [-0.05, 0) is 23.3 Å². The number of carbonyl (C=O) groups excluding carboxylic acids is 2. The van der Waals surface area contributed by atoms with E-state index in [0.29, 0.717) is 11.3 Å². The number of hydrogen-bond donors (Lipinski definition) is 1. The summed E-state index contributed by atoms with van der Waals surface area (Å²) in [4.78, 5) is 33.2. The van der Waals surface area contributed by atoms with Crippen molar-refractivity contribution in [3.63, 3.8) is 0 Å². The number of nitro groups is 1. The molecule has 0 atom stereocenters. The Bertz CT molecular complexity index is 835. The molecular weight excluding hydrogens is 370 g/mol. The minimum Gasteiger partial charge on any atom is -0.465 e. The van der Waals surface area contributed by atoms with Crippen molar-refractivity contribution >= 4 is 35.5 Å². The fraction of sp³-hybridized carbons (Fsp3) is 0.167. The SMILES string of the molecule is COC(=O)c1ccc(/C=N/NC(=O)CSCc2ccc([N+](=O)[O-])cc2)cc1. The van der Waals surface area contributed by atoms with E-state index < -0.39 is 10.9 Å². The predicted octanol–water partition coefficient (Wildman–Crippen LogP) is 2.76. The van der Waals surface area contributed by atoms with Crippen molar-refractivity contribution < 1.29 is 19.2 Å². The molecule has 8 nitrogen and oxygen atoms in total. The van der Waals surface area contributed by atoms with Crippen LogP contribution in [0.3, 0.4) is 0 Å². The molecule has 0 heterocycles. The van der Waals surface area contributed by atoms with E-state index in [4.69, 9.17) is 0 Å². The fourth-order valence-electron chi connectivity index (χ4n) is 2.01. The molecule has 1 amide bonds. The monoisotopic (exact) mass is 387 g/mol. The summed E-state index contributed by atoms with van der Waals surface area (Å²) in [5.41, 5.74) is 4.51. The second kappa shape index (κ2) is 10.1. The third-order valence-electron chi connectivity index (χ3n) is 3.38. The Hall–Kier alpha value is -3.20. The average molecular weight is 387 g/mol. The van der Waals surface area contributed by atoms with Gasteiger partial charge in [-0.3, -0.25) is 14.9 Å². The first-order valence-electron chi connectivity index (χ1n) is 7.81. The molecule has 0 saturated heterocycles. The lowest BCUT2D eigenvalue weighted by molar-refractivity contribution is -0.384. The van der Waals surface area contributed by atoms with E-state index in [1.807, 2.05) is 0 Å². The Morgan fingerprint density at radius 1 is 1.19 bits per heavy atom. The molecule has 0 aromatic heterocycles. The average Bonchev–Trinajstić information content (AvgIpc) is 2.68. The van der Waals surface area contributed by atoms with E-state index in [9.17, 15) is 19.7 Å². The van der Waals surface area contributed by atoms with E-state index in [0.717, 1.165) is 11.1 Å². The van der Waals surface area contributed by atoms with Gasteiger partial charge in [0.1, 0.15) is 0 Å². The number of non-ortho nitro benzene ring substituents is 1. The van der Waals surface area contributed by atoms with Crippen LogP contribution in [0, 0.1) is 10.1 Å². The third kappa shape index (κ3) is 6.55. The van der Waals surface area contributed by atoms with E-state index in [1.54, 1.807) is 36.4 Å². The first-order valence-corrected chi connectivity index (χ1v) is 8.96. The summed E-state index contributed by atoms with van der Waals surface area (Å²) >= 11 is 1.38. The van der Waals surface area contributed by atoms with Gasteiger partial charge in [0, 0.05) is 17.9 Å². The highest BCUT2D eigenvalue weighted by Crippen LogP contribution is 2.16. The lowest BCUT2D eigenvalue weighted by atomic mass is 10.1. The number of hydrazone groups is 1. The first kappa shape index (κ1) is 20.1. The van der Waals surface area contributed by atoms with Gasteiger partial charge in [-0.1, -0.05) is 24.3 Å². The van der Waals surface area contributed by atoms with Crippen LogP contribution in [0.25, 0.3) is 0 Å². The van der Waals surface area contributed by atoms with Crippen LogP contribution < -0.4 is 5.43 Å². The first-order chi connectivity index (χ1) is 13.0. The number of hydrogen-bond acceptors (Lipinski definition) is 7.